The number of hydrogen-bond donors (Lipinski definition) is 2. The zero-order valence-electron chi connectivity index (χ0n) is 29.4. The van der Waals surface area contributed by atoms with E-state index in [9.17, 15) is 39.0 Å². The molecular formula is C34H46O16. The maximum Gasteiger partial charge on any atom is 0.332 e. The van der Waals surface area contributed by atoms with E-state index in [0.29, 0.717) is 5.57 Å². The van der Waals surface area contributed by atoms with Crippen LogP contribution in [0.25, 0.3) is 0 Å². The van der Waals surface area contributed by atoms with Gasteiger partial charge in [0.25, 0.3) is 0 Å². The fourth-order valence-corrected chi connectivity index (χ4v) is 7.61. The molecule has 16 heteroatoms. The molecule has 1 saturated carbocycles. The lowest BCUT2D eigenvalue weighted by molar-refractivity contribution is -0.279. The average molecular weight is 711 g/mol. The number of fused-ring (bicyclic) bond motifs is 3. The van der Waals surface area contributed by atoms with E-state index < -0.39 is 107 Å². The summed E-state index contributed by atoms with van der Waals surface area (Å²) in [7, 11) is 1.39. The molecule has 0 radical (unpaired) electrons. The monoisotopic (exact) mass is 710 g/mol. The van der Waals surface area contributed by atoms with Crippen molar-refractivity contribution in [2.24, 2.45) is 23.2 Å². The molecule has 4 rings (SSSR count). The van der Waals surface area contributed by atoms with Crippen molar-refractivity contribution in [2.75, 3.05) is 26.9 Å². The van der Waals surface area contributed by atoms with Gasteiger partial charge >= 0.3 is 35.8 Å². The van der Waals surface area contributed by atoms with Crippen molar-refractivity contribution in [1.82, 2.24) is 0 Å². The van der Waals surface area contributed by atoms with Gasteiger partial charge in [-0.1, -0.05) is 26.8 Å². The topological polar surface area (TPSA) is 220 Å². The van der Waals surface area contributed by atoms with Crippen LogP contribution in [0.3, 0.4) is 0 Å². The van der Waals surface area contributed by atoms with Crippen LogP contribution in [-0.2, 0) is 66.7 Å². The van der Waals surface area contributed by atoms with Crippen LogP contribution >= 0.6 is 0 Å². The number of hydrogen-bond acceptors (Lipinski definition) is 16. The Labute approximate surface area is 289 Å². The van der Waals surface area contributed by atoms with E-state index in [1.165, 1.54) is 39.2 Å². The molecule has 1 spiro atoms. The second-order valence-corrected chi connectivity index (χ2v) is 13.8. The van der Waals surface area contributed by atoms with Gasteiger partial charge in [-0.15, -0.1) is 0 Å². The maximum absolute atomic E-state index is 13.4. The predicted octanol–water partition coefficient (Wildman–Crippen LogP) is 0.484. The van der Waals surface area contributed by atoms with Gasteiger partial charge in [0.2, 0.25) is 0 Å². The third kappa shape index (κ3) is 7.16. The van der Waals surface area contributed by atoms with Crippen LogP contribution in [0.4, 0.5) is 0 Å². The van der Waals surface area contributed by atoms with Crippen molar-refractivity contribution >= 4 is 35.8 Å². The predicted molar refractivity (Wildman–Crippen MR) is 166 cm³/mol. The summed E-state index contributed by atoms with van der Waals surface area (Å²) in [5.74, 6) is -8.37. The molecule has 0 aromatic carbocycles. The average Bonchev–Trinajstić information content (AvgIpc) is 3.76. The van der Waals surface area contributed by atoms with E-state index in [1.54, 1.807) is 13.8 Å². The fourth-order valence-electron chi connectivity index (χ4n) is 7.61. The van der Waals surface area contributed by atoms with Gasteiger partial charge in [-0.2, -0.15) is 0 Å². The van der Waals surface area contributed by atoms with E-state index in [1.807, 2.05) is 0 Å². The zero-order valence-corrected chi connectivity index (χ0v) is 29.4. The Hall–Kier alpha value is -3.86. The Kier molecular flexibility index (Phi) is 11.5. The summed E-state index contributed by atoms with van der Waals surface area (Å²) in [5.41, 5.74) is -5.77. The van der Waals surface area contributed by atoms with Crippen molar-refractivity contribution in [3.8, 4) is 0 Å². The van der Waals surface area contributed by atoms with Gasteiger partial charge < -0.3 is 48.1 Å². The van der Waals surface area contributed by atoms with Crippen LogP contribution in [0, 0.1) is 23.2 Å². The van der Waals surface area contributed by atoms with E-state index >= 15 is 0 Å². The molecule has 2 aliphatic carbocycles. The van der Waals surface area contributed by atoms with Crippen LogP contribution in [0.2, 0.25) is 0 Å². The van der Waals surface area contributed by atoms with Crippen molar-refractivity contribution in [3.63, 3.8) is 0 Å². The lowest BCUT2D eigenvalue weighted by atomic mass is 9.51. The number of epoxide rings is 1. The molecule has 0 unspecified atom stereocenters. The van der Waals surface area contributed by atoms with Gasteiger partial charge in [-0.05, 0) is 30.6 Å². The van der Waals surface area contributed by atoms with Gasteiger partial charge in [0.05, 0.1) is 24.5 Å². The zero-order chi connectivity index (χ0) is 37.3. The second kappa shape index (κ2) is 14.8. The molecule has 50 heavy (non-hydrogen) atoms. The third-order valence-electron chi connectivity index (χ3n) is 9.75. The number of aliphatic hydroxyl groups is 2. The van der Waals surface area contributed by atoms with E-state index in [-0.39, 0.29) is 25.6 Å². The quantitative estimate of drug-likeness (QED) is 0.179. The Balaban J connectivity index is 2.16. The Morgan fingerprint density at radius 1 is 0.940 bits per heavy atom. The van der Waals surface area contributed by atoms with Crippen molar-refractivity contribution in [1.29, 1.82) is 0 Å². The minimum atomic E-state index is -2.38. The molecule has 0 aromatic rings. The summed E-state index contributed by atoms with van der Waals surface area (Å²) in [5, 5.41) is 22.6. The molecule has 16 nitrogen and oxygen atoms in total. The fraction of sp³-hybridized carbons (Fsp3) is 0.706. The summed E-state index contributed by atoms with van der Waals surface area (Å²) < 4.78 is 46.6. The van der Waals surface area contributed by atoms with Crippen LogP contribution in [0.15, 0.2) is 23.8 Å². The number of carbonyl (C=O) groups is 6. The molecule has 2 N–H and O–H groups in total. The first-order valence-electron chi connectivity index (χ1n) is 16.3. The van der Waals surface area contributed by atoms with Gasteiger partial charge in [-0.25, -0.2) is 4.79 Å². The standard InChI is InChI=1S/C34H46O16/c1-16(2)11-24(39)50-29-26(45-18(4)36)28(46-19(5)37)32(7)22(48-25(40)13-35)10-9-21(14-43-8)12-23-34(42,17(3)31(41)49-23)30(47-20(6)38)27(32)33(29)15-44-33/h9-10,12,16-17,22-23,26-30,35,42H,11,13-15H2,1-8H3/b10-9-,21-12-/t17-,22-,23-,26+,27+,28-,29+,30-,32+,33-,34-/m0/s1. The highest BCUT2D eigenvalue weighted by molar-refractivity contribution is 5.78. The normalized spacial score (nSPS) is 39.1. The number of esters is 6. The molecule has 2 heterocycles. The van der Waals surface area contributed by atoms with E-state index in [2.05, 4.69) is 0 Å². The maximum atomic E-state index is 13.4. The Bertz CT molecular complexity index is 1430. The number of aliphatic hydroxyl groups excluding tert-OH is 1. The van der Waals surface area contributed by atoms with E-state index in [4.69, 9.17) is 37.9 Å². The first kappa shape index (κ1) is 38.9. The van der Waals surface area contributed by atoms with Gasteiger partial charge in [0.1, 0.15) is 24.4 Å². The highest BCUT2D eigenvalue weighted by atomic mass is 16.7. The van der Waals surface area contributed by atoms with Crippen molar-refractivity contribution in [2.45, 2.75) is 103 Å². The Morgan fingerprint density at radius 2 is 1.54 bits per heavy atom. The summed E-state index contributed by atoms with van der Waals surface area (Å²) >= 11 is 0. The van der Waals surface area contributed by atoms with Crippen molar-refractivity contribution in [3.05, 3.63) is 23.8 Å². The number of ether oxygens (including phenoxy) is 8. The van der Waals surface area contributed by atoms with E-state index in [0.717, 1.165) is 20.8 Å². The highest BCUT2D eigenvalue weighted by Crippen LogP contribution is 2.63. The van der Waals surface area contributed by atoms with Gasteiger partial charge in [-0.3, -0.25) is 24.0 Å². The molecule has 2 saturated heterocycles. The molecule has 11 atom stereocenters. The largest absolute Gasteiger partial charge is 0.459 e. The van der Waals surface area contributed by atoms with Crippen LogP contribution in [0.1, 0.15) is 54.9 Å². The Morgan fingerprint density at radius 3 is 2.06 bits per heavy atom. The minimum absolute atomic E-state index is 0.0785. The minimum Gasteiger partial charge on any atom is -0.459 e. The lowest BCUT2D eigenvalue weighted by Gasteiger charge is -2.59. The van der Waals surface area contributed by atoms with Crippen LogP contribution < -0.4 is 0 Å². The lowest BCUT2D eigenvalue weighted by Crippen LogP contribution is -2.76. The SMILES string of the molecule is COCC1=C\[C@@H]2OC(=O)[C@H](C)[C@@]2(O)[C@@H](OC(C)=O)[C@H]2[C@@]3(CO3)[C@H](OC(=O)CC(C)C)[C@H](OC(C)=O)[C@H](OC(C)=O)[C@]2(C)[C@@H](OC(=O)CO)/C=C\1. The first-order chi connectivity index (χ1) is 23.4. The summed E-state index contributed by atoms with van der Waals surface area (Å²) in [6.45, 7) is 8.21. The second-order valence-electron chi connectivity index (χ2n) is 13.8. The number of carbonyl (C=O) groups excluding carboxylic acids is 6. The smallest absolute Gasteiger partial charge is 0.332 e. The molecule has 0 amide bonds. The summed E-state index contributed by atoms with van der Waals surface area (Å²) in [6.07, 6.45) is -5.45. The molecular weight excluding hydrogens is 664 g/mol. The molecule has 0 aromatic heterocycles. The van der Waals surface area contributed by atoms with Gasteiger partial charge in [0, 0.05) is 40.2 Å². The number of rotatable bonds is 10. The van der Waals surface area contributed by atoms with Gasteiger partial charge in [0.15, 0.2) is 30.0 Å². The van der Waals surface area contributed by atoms with Crippen molar-refractivity contribution < 1.29 is 76.9 Å². The molecule has 4 aliphatic rings. The van der Waals surface area contributed by atoms with Crippen LogP contribution in [0.5, 0.6) is 0 Å². The molecule has 2 aliphatic heterocycles. The summed E-state index contributed by atoms with van der Waals surface area (Å²) in [6, 6.07) is 0. The highest BCUT2D eigenvalue weighted by Gasteiger charge is 2.81. The number of methoxy groups -OCH3 is 1. The molecule has 3 fully saturated rings. The summed E-state index contributed by atoms with van der Waals surface area (Å²) in [4.78, 5) is 78.2. The molecule has 0 bridgehead atoms. The molecule has 278 valence electrons. The van der Waals surface area contributed by atoms with Crippen LogP contribution in [-0.4, -0.2) is 121 Å². The third-order valence-corrected chi connectivity index (χ3v) is 9.75. The first-order valence-corrected chi connectivity index (χ1v) is 16.3.